The molecule has 2 aromatic rings. The molecular formula is C15H16N2O3. The van der Waals surface area contributed by atoms with E-state index in [9.17, 15) is 4.79 Å². The quantitative estimate of drug-likeness (QED) is 0.908. The molecular weight excluding hydrogens is 256 g/mol. The van der Waals surface area contributed by atoms with Crippen molar-refractivity contribution in [1.29, 1.82) is 0 Å². The van der Waals surface area contributed by atoms with E-state index in [1.54, 1.807) is 12.3 Å². The number of benzene rings is 1. The summed E-state index contributed by atoms with van der Waals surface area (Å²) >= 11 is 0. The summed E-state index contributed by atoms with van der Waals surface area (Å²) in [5.74, 6) is 0.279. The number of carbonyl (C=O) groups excluding carboxylic acids is 1. The van der Waals surface area contributed by atoms with Gasteiger partial charge in [-0.1, -0.05) is 30.3 Å². The van der Waals surface area contributed by atoms with Crippen LogP contribution >= 0.6 is 0 Å². The van der Waals surface area contributed by atoms with Crippen molar-refractivity contribution in [2.45, 2.75) is 6.10 Å². The van der Waals surface area contributed by atoms with Gasteiger partial charge in [-0.05, 0) is 5.56 Å². The zero-order valence-corrected chi connectivity index (χ0v) is 11.4. The van der Waals surface area contributed by atoms with Crippen molar-refractivity contribution in [3.8, 4) is 5.75 Å². The third kappa shape index (κ3) is 3.13. The SMILES string of the molecule is COc1ccncc1NC(=O)C(OC)c1ccccc1. The Morgan fingerprint density at radius 2 is 1.95 bits per heavy atom. The van der Waals surface area contributed by atoms with Crippen molar-refractivity contribution in [2.75, 3.05) is 19.5 Å². The molecule has 5 nitrogen and oxygen atoms in total. The van der Waals surface area contributed by atoms with Crippen molar-refractivity contribution in [2.24, 2.45) is 0 Å². The summed E-state index contributed by atoms with van der Waals surface area (Å²) in [4.78, 5) is 16.3. The van der Waals surface area contributed by atoms with Gasteiger partial charge in [-0.2, -0.15) is 0 Å². The molecule has 104 valence electrons. The highest BCUT2D eigenvalue weighted by Crippen LogP contribution is 2.24. The smallest absolute Gasteiger partial charge is 0.258 e. The minimum absolute atomic E-state index is 0.273. The van der Waals surface area contributed by atoms with Gasteiger partial charge >= 0.3 is 0 Å². The summed E-state index contributed by atoms with van der Waals surface area (Å²) < 4.78 is 10.4. The summed E-state index contributed by atoms with van der Waals surface area (Å²) in [7, 11) is 3.04. The number of hydrogen-bond acceptors (Lipinski definition) is 4. The van der Waals surface area contributed by atoms with Gasteiger partial charge in [-0.3, -0.25) is 9.78 Å². The van der Waals surface area contributed by atoms with Crippen LogP contribution in [0.15, 0.2) is 48.8 Å². The fraction of sp³-hybridized carbons (Fsp3) is 0.200. The van der Waals surface area contributed by atoms with E-state index in [0.29, 0.717) is 11.4 Å². The lowest BCUT2D eigenvalue weighted by molar-refractivity contribution is -0.126. The van der Waals surface area contributed by atoms with Crippen LogP contribution in [0.3, 0.4) is 0 Å². The molecule has 1 aromatic heterocycles. The second-order valence-electron chi connectivity index (χ2n) is 4.09. The van der Waals surface area contributed by atoms with Gasteiger partial charge in [0, 0.05) is 19.4 Å². The molecule has 0 saturated heterocycles. The molecule has 0 fully saturated rings. The highest BCUT2D eigenvalue weighted by atomic mass is 16.5. The molecule has 0 aliphatic rings. The third-order valence-electron chi connectivity index (χ3n) is 2.84. The Labute approximate surface area is 117 Å². The summed E-state index contributed by atoms with van der Waals surface area (Å²) in [5, 5.41) is 2.76. The first-order valence-corrected chi connectivity index (χ1v) is 6.13. The third-order valence-corrected chi connectivity index (χ3v) is 2.84. The topological polar surface area (TPSA) is 60.5 Å². The van der Waals surface area contributed by atoms with Gasteiger partial charge in [0.25, 0.3) is 5.91 Å². The van der Waals surface area contributed by atoms with Crippen LogP contribution in [-0.2, 0) is 9.53 Å². The molecule has 0 aliphatic carbocycles. The molecule has 5 heteroatoms. The van der Waals surface area contributed by atoms with Gasteiger partial charge < -0.3 is 14.8 Å². The Kier molecular flexibility index (Phi) is 4.68. The number of pyridine rings is 1. The van der Waals surface area contributed by atoms with Crippen molar-refractivity contribution >= 4 is 11.6 Å². The maximum atomic E-state index is 12.3. The first-order valence-electron chi connectivity index (χ1n) is 6.13. The van der Waals surface area contributed by atoms with Crippen LogP contribution in [0.1, 0.15) is 11.7 Å². The number of nitrogens with one attached hydrogen (secondary N) is 1. The lowest BCUT2D eigenvalue weighted by atomic mass is 10.1. The van der Waals surface area contributed by atoms with Crippen molar-refractivity contribution < 1.29 is 14.3 Å². The second kappa shape index (κ2) is 6.68. The first kappa shape index (κ1) is 14.0. The molecule has 1 aromatic carbocycles. The van der Waals surface area contributed by atoms with Gasteiger partial charge in [-0.15, -0.1) is 0 Å². The molecule has 20 heavy (non-hydrogen) atoms. The van der Waals surface area contributed by atoms with Crippen LogP contribution in [0.25, 0.3) is 0 Å². The number of anilines is 1. The average molecular weight is 272 g/mol. The van der Waals surface area contributed by atoms with E-state index in [-0.39, 0.29) is 5.91 Å². The number of carbonyl (C=O) groups is 1. The number of methoxy groups -OCH3 is 2. The van der Waals surface area contributed by atoms with E-state index < -0.39 is 6.10 Å². The van der Waals surface area contributed by atoms with Crippen LogP contribution in [0, 0.1) is 0 Å². The number of ether oxygens (including phenoxy) is 2. The minimum Gasteiger partial charge on any atom is -0.494 e. The number of rotatable bonds is 5. The van der Waals surface area contributed by atoms with Crippen molar-refractivity contribution in [3.05, 3.63) is 54.4 Å². The molecule has 0 radical (unpaired) electrons. The first-order chi connectivity index (χ1) is 9.76. The van der Waals surface area contributed by atoms with E-state index in [1.807, 2.05) is 30.3 Å². The second-order valence-corrected chi connectivity index (χ2v) is 4.09. The largest absolute Gasteiger partial charge is 0.494 e. The average Bonchev–Trinajstić information content (AvgIpc) is 2.49. The molecule has 1 atom stereocenters. The number of hydrogen-bond donors (Lipinski definition) is 1. The highest BCUT2D eigenvalue weighted by Gasteiger charge is 2.20. The molecule has 1 unspecified atom stereocenters. The Bertz CT molecular complexity index is 572. The summed E-state index contributed by atoms with van der Waals surface area (Å²) in [6, 6.07) is 11.0. The zero-order valence-electron chi connectivity index (χ0n) is 11.4. The van der Waals surface area contributed by atoms with Crippen LogP contribution < -0.4 is 10.1 Å². The lowest BCUT2D eigenvalue weighted by Crippen LogP contribution is -2.22. The zero-order chi connectivity index (χ0) is 14.4. The molecule has 0 aliphatic heterocycles. The minimum atomic E-state index is -0.680. The fourth-order valence-corrected chi connectivity index (χ4v) is 1.87. The number of amides is 1. The van der Waals surface area contributed by atoms with Gasteiger partial charge in [0.2, 0.25) is 0 Å². The van der Waals surface area contributed by atoms with Crippen LogP contribution in [0.5, 0.6) is 5.75 Å². The molecule has 1 N–H and O–H groups in total. The predicted octanol–water partition coefficient (Wildman–Crippen LogP) is 2.42. The molecule has 0 spiro atoms. The predicted molar refractivity (Wildman–Crippen MR) is 75.6 cm³/mol. The van der Waals surface area contributed by atoms with E-state index in [1.165, 1.54) is 20.4 Å². The Morgan fingerprint density at radius 1 is 1.20 bits per heavy atom. The summed E-state index contributed by atoms with van der Waals surface area (Å²) in [6.45, 7) is 0. The monoisotopic (exact) mass is 272 g/mol. The van der Waals surface area contributed by atoms with E-state index in [0.717, 1.165) is 5.56 Å². The number of aromatic nitrogens is 1. The Hall–Kier alpha value is -2.40. The van der Waals surface area contributed by atoms with Gasteiger partial charge in [0.15, 0.2) is 6.10 Å². The van der Waals surface area contributed by atoms with Gasteiger partial charge in [-0.25, -0.2) is 0 Å². The maximum Gasteiger partial charge on any atom is 0.258 e. The van der Waals surface area contributed by atoms with E-state index in [4.69, 9.17) is 9.47 Å². The molecule has 2 rings (SSSR count). The molecule has 1 heterocycles. The summed E-state index contributed by atoms with van der Waals surface area (Å²) in [5.41, 5.74) is 1.30. The lowest BCUT2D eigenvalue weighted by Gasteiger charge is -2.16. The van der Waals surface area contributed by atoms with Gasteiger partial charge in [0.05, 0.1) is 13.3 Å². The molecule has 0 bridgehead atoms. The normalized spacial score (nSPS) is 11.7. The number of nitrogens with zero attached hydrogens (tertiary/aromatic N) is 1. The highest BCUT2D eigenvalue weighted by molar-refractivity contribution is 5.95. The fourth-order valence-electron chi connectivity index (χ4n) is 1.87. The van der Waals surface area contributed by atoms with Gasteiger partial charge in [0.1, 0.15) is 11.4 Å². The maximum absolute atomic E-state index is 12.3. The van der Waals surface area contributed by atoms with Crippen LogP contribution in [-0.4, -0.2) is 25.1 Å². The van der Waals surface area contributed by atoms with E-state index in [2.05, 4.69) is 10.3 Å². The van der Waals surface area contributed by atoms with Crippen LogP contribution in [0.2, 0.25) is 0 Å². The van der Waals surface area contributed by atoms with E-state index >= 15 is 0 Å². The molecule has 0 saturated carbocycles. The Balaban J connectivity index is 2.18. The van der Waals surface area contributed by atoms with Crippen molar-refractivity contribution in [1.82, 2.24) is 4.98 Å². The standard InChI is InChI=1S/C15H16N2O3/c1-19-13-8-9-16-10-12(13)17-15(18)14(20-2)11-6-4-3-5-7-11/h3-10,14H,1-2H3,(H,17,18). The van der Waals surface area contributed by atoms with Crippen molar-refractivity contribution in [3.63, 3.8) is 0 Å². The summed E-state index contributed by atoms with van der Waals surface area (Å²) in [6.07, 6.45) is 2.45. The van der Waals surface area contributed by atoms with Crippen LogP contribution in [0.4, 0.5) is 5.69 Å². The molecule has 1 amide bonds. The Morgan fingerprint density at radius 3 is 2.60 bits per heavy atom.